The van der Waals surface area contributed by atoms with Gasteiger partial charge in [-0.25, -0.2) is 18.2 Å². The number of hydrogen-bond acceptors (Lipinski definition) is 8. The fourth-order valence-corrected chi connectivity index (χ4v) is 4.78. The van der Waals surface area contributed by atoms with Crippen LogP contribution in [0.4, 0.5) is 0 Å². The highest BCUT2D eigenvalue weighted by atomic mass is 32.2. The smallest absolute Gasteiger partial charge is 0.340 e. The van der Waals surface area contributed by atoms with Gasteiger partial charge in [-0.2, -0.15) is 0 Å². The number of hydrogen-bond donors (Lipinski definition) is 1. The van der Waals surface area contributed by atoms with Crippen molar-refractivity contribution in [3.05, 3.63) is 75.9 Å². The molecule has 1 amide bonds. The molecule has 1 aromatic heterocycles. The summed E-state index contributed by atoms with van der Waals surface area (Å²) in [5.41, 5.74) is 1.86. The number of thiazole rings is 1. The number of ether oxygens (including phenoxy) is 1. The summed E-state index contributed by atoms with van der Waals surface area (Å²) >= 11 is 1.33. The summed E-state index contributed by atoms with van der Waals surface area (Å²) in [5.74, 6) is -0.513. The Bertz CT molecular complexity index is 1220. The molecule has 0 saturated carbocycles. The number of nitrogens with one attached hydrogen (secondary N) is 1. The first-order valence-electron chi connectivity index (χ1n) is 9.78. The molecule has 2 aromatic rings. The van der Waals surface area contributed by atoms with Crippen LogP contribution in [0.1, 0.15) is 16.3 Å². The van der Waals surface area contributed by atoms with Gasteiger partial charge in [0, 0.05) is 24.7 Å². The molecule has 3 heterocycles. The van der Waals surface area contributed by atoms with Crippen molar-refractivity contribution in [3.63, 3.8) is 0 Å². The molecule has 0 fully saturated rings. The van der Waals surface area contributed by atoms with Crippen LogP contribution in [-0.2, 0) is 43.9 Å². The molecule has 0 atom stereocenters. The van der Waals surface area contributed by atoms with Crippen LogP contribution >= 0.6 is 11.3 Å². The molecule has 4 rings (SSSR count). The minimum absolute atomic E-state index is 0.0263. The monoisotopic (exact) mass is 472 g/mol. The van der Waals surface area contributed by atoms with E-state index in [9.17, 15) is 18.0 Å². The third kappa shape index (κ3) is 5.68. The SMILES string of the molecule is O=C(Cc1nc(COC(=O)C2=CN3CCS(=O)(=O)N=C3C=C2)cs1)NCc1ccccc1. The van der Waals surface area contributed by atoms with E-state index in [2.05, 4.69) is 14.7 Å². The number of aromatic nitrogens is 1. The van der Waals surface area contributed by atoms with Crippen molar-refractivity contribution in [2.45, 2.75) is 19.6 Å². The van der Waals surface area contributed by atoms with E-state index < -0.39 is 16.0 Å². The van der Waals surface area contributed by atoms with Gasteiger partial charge < -0.3 is 15.0 Å². The van der Waals surface area contributed by atoms with Crippen molar-refractivity contribution in [1.82, 2.24) is 15.2 Å². The van der Waals surface area contributed by atoms with Crippen molar-refractivity contribution >= 4 is 39.1 Å². The highest BCUT2D eigenvalue weighted by molar-refractivity contribution is 7.90. The molecule has 1 aromatic carbocycles. The lowest BCUT2D eigenvalue weighted by Gasteiger charge is -2.26. The summed E-state index contributed by atoms with van der Waals surface area (Å²) in [6.07, 6.45) is 4.63. The molecule has 32 heavy (non-hydrogen) atoms. The molecule has 166 valence electrons. The van der Waals surface area contributed by atoms with Gasteiger partial charge in [0.25, 0.3) is 10.0 Å². The van der Waals surface area contributed by atoms with Gasteiger partial charge in [-0.3, -0.25) is 4.79 Å². The number of rotatable bonds is 7. The summed E-state index contributed by atoms with van der Waals surface area (Å²) in [7, 11) is -3.45. The molecule has 0 unspecified atom stereocenters. The first-order chi connectivity index (χ1) is 15.4. The molecule has 1 N–H and O–H groups in total. The van der Waals surface area contributed by atoms with Gasteiger partial charge in [-0.15, -0.1) is 15.7 Å². The molecule has 0 spiro atoms. The topological polar surface area (TPSA) is 118 Å². The highest BCUT2D eigenvalue weighted by Crippen LogP contribution is 2.18. The molecule has 11 heteroatoms. The zero-order valence-electron chi connectivity index (χ0n) is 16.9. The molecule has 0 bridgehead atoms. The van der Waals surface area contributed by atoms with E-state index in [1.807, 2.05) is 30.3 Å². The number of amides is 1. The number of nitrogens with zero attached hydrogens (tertiary/aromatic N) is 3. The van der Waals surface area contributed by atoms with E-state index in [1.165, 1.54) is 29.7 Å². The van der Waals surface area contributed by atoms with Crippen LogP contribution < -0.4 is 5.32 Å². The van der Waals surface area contributed by atoms with Crippen molar-refractivity contribution in [1.29, 1.82) is 0 Å². The van der Waals surface area contributed by atoms with Gasteiger partial charge in [0.15, 0.2) is 0 Å². The molecule has 0 saturated heterocycles. The van der Waals surface area contributed by atoms with Crippen molar-refractivity contribution in [2.24, 2.45) is 4.40 Å². The standard InChI is InChI=1S/C21H20N4O5S2/c26-19(22-11-15-4-2-1-3-5-15)10-20-23-17(14-31-20)13-30-21(27)16-6-7-18-24-32(28,29)9-8-25(18)12-16/h1-7,12,14H,8-11,13H2,(H,22,26). The third-order valence-electron chi connectivity index (χ3n) is 4.65. The van der Waals surface area contributed by atoms with Crippen molar-refractivity contribution in [3.8, 4) is 0 Å². The molecule has 2 aliphatic heterocycles. The number of carbonyl (C=O) groups excluding carboxylic acids is 2. The van der Waals surface area contributed by atoms with E-state index in [-0.39, 0.29) is 37.1 Å². The number of carbonyl (C=O) groups is 2. The Labute approximate surface area is 189 Å². The summed E-state index contributed by atoms with van der Waals surface area (Å²) in [5, 5.41) is 5.23. The molecular formula is C21H20N4O5S2. The quantitative estimate of drug-likeness (QED) is 0.608. The average molecular weight is 473 g/mol. The zero-order valence-corrected chi connectivity index (χ0v) is 18.6. The lowest BCUT2D eigenvalue weighted by Crippen LogP contribution is -2.37. The van der Waals surface area contributed by atoms with E-state index in [1.54, 1.807) is 10.3 Å². The maximum absolute atomic E-state index is 12.4. The number of amidine groups is 1. The second-order valence-corrected chi connectivity index (χ2v) is 9.79. The number of benzene rings is 1. The van der Waals surface area contributed by atoms with E-state index in [0.29, 0.717) is 22.8 Å². The maximum atomic E-state index is 12.4. The Morgan fingerprint density at radius 3 is 2.81 bits per heavy atom. The molecule has 0 radical (unpaired) electrons. The van der Waals surface area contributed by atoms with E-state index in [0.717, 1.165) is 5.56 Å². The average Bonchev–Trinajstić information content (AvgIpc) is 3.23. The molecule has 0 aliphatic carbocycles. The molecule has 2 aliphatic rings. The fraction of sp³-hybridized carbons (Fsp3) is 0.238. The second kappa shape index (κ2) is 9.45. The van der Waals surface area contributed by atoms with Crippen molar-refractivity contribution < 1.29 is 22.7 Å². The van der Waals surface area contributed by atoms with E-state index in [4.69, 9.17) is 4.74 Å². The van der Waals surface area contributed by atoms with Crippen LogP contribution in [0.5, 0.6) is 0 Å². The zero-order chi connectivity index (χ0) is 22.6. The predicted molar refractivity (Wildman–Crippen MR) is 119 cm³/mol. The number of esters is 1. The Balaban J connectivity index is 1.26. The van der Waals surface area contributed by atoms with Crippen LogP contribution in [0.2, 0.25) is 0 Å². The fourth-order valence-electron chi connectivity index (χ4n) is 3.04. The summed E-state index contributed by atoms with van der Waals surface area (Å²) in [4.78, 5) is 30.4. The second-order valence-electron chi connectivity index (χ2n) is 7.09. The summed E-state index contributed by atoms with van der Waals surface area (Å²) in [6.45, 7) is 0.652. The van der Waals surface area contributed by atoms with Crippen LogP contribution in [0.3, 0.4) is 0 Å². The Hall–Kier alpha value is -3.31. The minimum atomic E-state index is -3.45. The lowest BCUT2D eigenvalue weighted by molar-refractivity contribution is -0.140. The normalized spacial score (nSPS) is 16.6. The van der Waals surface area contributed by atoms with Crippen molar-refractivity contribution in [2.75, 3.05) is 12.3 Å². The van der Waals surface area contributed by atoms with Crippen LogP contribution in [-0.4, -0.2) is 48.3 Å². The van der Waals surface area contributed by atoms with E-state index >= 15 is 0 Å². The molecule has 9 nitrogen and oxygen atoms in total. The minimum Gasteiger partial charge on any atom is -0.456 e. The Kier molecular flexibility index (Phi) is 6.47. The van der Waals surface area contributed by atoms with Gasteiger partial charge >= 0.3 is 5.97 Å². The highest BCUT2D eigenvalue weighted by Gasteiger charge is 2.25. The summed E-state index contributed by atoms with van der Waals surface area (Å²) in [6, 6.07) is 9.63. The maximum Gasteiger partial charge on any atom is 0.340 e. The van der Waals surface area contributed by atoms with Gasteiger partial charge in [0.2, 0.25) is 5.91 Å². The predicted octanol–water partition coefficient (Wildman–Crippen LogP) is 1.54. The van der Waals surface area contributed by atoms with Crippen LogP contribution in [0.25, 0.3) is 0 Å². The lowest BCUT2D eigenvalue weighted by atomic mass is 10.2. The first kappa shape index (κ1) is 21.9. The summed E-state index contributed by atoms with van der Waals surface area (Å²) < 4.78 is 32.1. The first-order valence-corrected chi connectivity index (χ1v) is 12.3. The largest absolute Gasteiger partial charge is 0.456 e. The van der Waals surface area contributed by atoms with Crippen LogP contribution in [0.15, 0.2) is 64.0 Å². The van der Waals surface area contributed by atoms with Gasteiger partial charge in [-0.05, 0) is 17.7 Å². The third-order valence-corrected chi connectivity index (χ3v) is 6.72. The Morgan fingerprint density at radius 1 is 1.19 bits per heavy atom. The Morgan fingerprint density at radius 2 is 2.00 bits per heavy atom. The van der Waals surface area contributed by atoms with Gasteiger partial charge in [0.1, 0.15) is 17.5 Å². The van der Waals surface area contributed by atoms with Gasteiger partial charge in [-0.1, -0.05) is 30.3 Å². The van der Waals surface area contributed by atoms with Gasteiger partial charge in [0.05, 0.1) is 23.4 Å². The van der Waals surface area contributed by atoms with Crippen LogP contribution in [0, 0.1) is 0 Å². The number of fused-ring (bicyclic) bond motifs is 1. The number of sulfonamides is 1. The molecular weight excluding hydrogens is 452 g/mol.